The van der Waals surface area contributed by atoms with Crippen LogP contribution in [0.25, 0.3) is 0 Å². The Bertz CT molecular complexity index is 920. The first-order valence-corrected chi connectivity index (χ1v) is 10.4. The van der Waals surface area contributed by atoms with Crippen LogP contribution in [0, 0.1) is 0 Å². The van der Waals surface area contributed by atoms with Crippen LogP contribution in [0.2, 0.25) is 0 Å². The minimum atomic E-state index is -0.0514. The summed E-state index contributed by atoms with van der Waals surface area (Å²) in [5.74, 6) is 1.52. The first kappa shape index (κ1) is 20.3. The molecule has 3 heterocycles. The van der Waals surface area contributed by atoms with E-state index in [0.29, 0.717) is 12.6 Å². The highest BCUT2D eigenvalue weighted by atomic mass is 16.5. The molecule has 7 nitrogen and oxygen atoms in total. The van der Waals surface area contributed by atoms with Crippen LogP contribution in [0.4, 0.5) is 11.6 Å². The third-order valence-electron chi connectivity index (χ3n) is 4.92. The van der Waals surface area contributed by atoms with E-state index in [4.69, 9.17) is 9.47 Å². The molecule has 0 amide bonds. The van der Waals surface area contributed by atoms with Gasteiger partial charge < -0.3 is 14.8 Å². The molecule has 1 aliphatic rings. The van der Waals surface area contributed by atoms with E-state index in [-0.39, 0.29) is 6.10 Å². The maximum absolute atomic E-state index is 6.00. The predicted octanol–water partition coefficient (Wildman–Crippen LogP) is 3.98. The Labute approximate surface area is 177 Å². The fourth-order valence-corrected chi connectivity index (χ4v) is 3.42. The number of nitrogens with one attached hydrogen (secondary N) is 1. The summed E-state index contributed by atoms with van der Waals surface area (Å²) in [7, 11) is 0. The Kier molecular flexibility index (Phi) is 6.84. The van der Waals surface area contributed by atoms with Gasteiger partial charge in [0.2, 0.25) is 5.95 Å². The van der Waals surface area contributed by atoms with E-state index in [9.17, 15) is 0 Å². The summed E-state index contributed by atoms with van der Waals surface area (Å²) in [6.45, 7) is 6.07. The lowest BCUT2D eigenvalue weighted by molar-refractivity contribution is -0.0351. The van der Waals surface area contributed by atoms with Crippen LogP contribution < -0.4 is 10.1 Å². The van der Waals surface area contributed by atoms with Crippen molar-refractivity contribution in [2.45, 2.75) is 26.0 Å². The second-order valence-corrected chi connectivity index (χ2v) is 7.22. The molecule has 0 radical (unpaired) electrons. The molecule has 1 saturated heterocycles. The van der Waals surface area contributed by atoms with Crippen molar-refractivity contribution in [1.29, 1.82) is 0 Å². The monoisotopic (exact) mass is 405 g/mol. The number of rotatable bonds is 8. The van der Waals surface area contributed by atoms with Crippen LogP contribution in [-0.2, 0) is 11.3 Å². The standard InChI is InChI=1S/C23H27N5O2/c1-2-13-29-21-7-4-3-6-18(21)16-28-12-14-30-22(17-28)20-9-8-19(15-26-20)27-23-24-10-5-11-25-23/h3-11,15,22H,2,12-14,16-17H2,1H3,(H,24,25,27)/t22-/m1/s1. The van der Waals surface area contributed by atoms with Gasteiger partial charge >= 0.3 is 0 Å². The van der Waals surface area contributed by atoms with Gasteiger partial charge in [0.05, 0.1) is 30.8 Å². The molecule has 3 aromatic rings. The topological polar surface area (TPSA) is 72.4 Å². The molecule has 1 N–H and O–H groups in total. The van der Waals surface area contributed by atoms with Crippen LogP contribution in [0.3, 0.4) is 0 Å². The second kappa shape index (κ2) is 10.1. The average molecular weight is 406 g/mol. The van der Waals surface area contributed by atoms with Gasteiger partial charge in [-0.15, -0.1) is 0 Å². The van der Waals surface area contributed by atoms with E-state index in [0.717, 1.165) is 49.8 Å². The van der Waals surface area contributed by atoms with Gasteiger partial charge in [-0.25, -0.2) is 9.97 Å². The fraction of sp³-hybridized carbons (Fsp3) is 0.348. The Morgan fingerprint density at radius 2 is 1.97 bits per heavy atom. The van der Waals surface area contributed by atoms with Crippen molar-refractivity contribution in [2.75, 3.05) is 31.6 Å². The normalized spacial score (nSPS) is 16.9. The number of nitrogens with zero attached hydrogens (tertiary/aromatic N) is 4. The molecule has 1 aromatic carbocycles. The van der Waals surface area contributed by atoms with Gasteiger partial charge in [0.15, 0.2) is 0 Å². The van der Waals surface area contributed by atoms with Crippen molar-refractivity contribution in [3.8, 4) is 5.75 Å². The predicted molar refractivity (Wildman–Crippen MR) is 116 cm³/mol. The van der Waals surface area contributed by atoms with Gasteiger partial charge in [0.1, 0.15) is 11.9 Å². The molecule has 1 aliphatic heterocycles. The van der Waals surface area contributed by atoms with Gasteiger partial charge in [0.25, 0.3) is 0 Å². The van der Waals surface area contributed by atoms with E-state index in [1.54, 1.807) is 24.7 Å². The van der Waals surface area contributed by atoms with Crippen molar-refractivity contribution in [3.05, 3.63) is 72.3 Å². The number of morpholine rings is 1. The zero-order valence-corrected chi connectivity index (χ0v) is 17.2. The Morgan fingerprint density at radius 3 is 2.77 bits per heavy atom. The SMILES string of the molecule is CCCOc1ccccc1CN1CCO[C@@H](c2ccc(Nc3ncccn3)cn2)C1. The van der Waals surface area contributed by atoms with E-state index in [1.807, 2.05) is 24.3 Å². The number of hydrogen-bond donors (Lipinski definition) is 1. The molecule has 0 aliphatic carbocycles. The first-order chi connectivity index (χ1) is 14.8. The van der Waals surface area contributed by atoms with E-state index < -0.39 is 0 Å². The van der Waals surface area contributed by atoms with Crippen LogP contribution in [0.5, 0.6) is 5.75 Å². The van der Waals surface area contributed by atoms with Gasteiger partial charge in [0, 0.05) is 37.6 Å². The zero-order valence-electron chi connectivity index (χ0n) is 17.2. The van der Waals surface area contributed by atoms with E-state index in [1.165, 1.54) is 5.56 Å². The quantitative estimate of drug-likeness (QED) is 0.608. The molecule has 156 valence electrons. The molecule has 0 saturated carbocycles. The Morgan fingerprint density at radius 1 is 1.10 bits per heavy atom. The maximum atomic E-state index is 6.00. The minimum absolute atomic E-state index is 0.0514. The molecule has 0 bridgehead atoms. The van der Waals surface area contributed by atoms with Crippen molar-refractivity contribution >= 4 is 11.6 Å². The third kappa shape index (κ3) is 5.31. The molecular formula is C23H27N5O2. The third-order valence-corrected chi connectivity index (χ3v) is 4.92. The lowest BCUT2D eigenvalue weighted by Gasteiger charge is -2.33. The smallest absolute Gasteiger partial charge is 0.227 e. The molecule has 7 heteroatoms. The summed E-state index contributed by atoms with van der Waals surface area (Å²) in [5.41, 5.74) is 2.98. The summed E-state index contributed by atoms with van der Waals surface area (Å²) >= 11 is 0. The van der Waals surface area contributed by atoms with Crippen molar-refractivity contribution < 1.29 is 9.47 Å². The fourth-order valence-electron chi connectivity index (χ4n) is 3.42. The van der Waals surface area contributed by atoms with Crippen molar-refractivity contribution in [3.63, 3.8) is 0 Å². The molecule has 0 spiro atoms. The van der Waals surface area contributed by atoms with E-state index in [2.05, 4.69) is 44.2 Å². The molecular weight excluding hydrogens is 378 g/mol. The summed E-state index contributed by atoms with van der Waals surface area (Å²) in [5, 5.41) is 3.15. The molecule has 1 fully saturated rings. The Hall–Kier alpha value is -3.03. The van der Waals surface area contributed by atoms with Crippen LogP contribution in [0.1, 0.15) is 30.7 Å². The second-order valence-electron chi connectivity index (χ2n) is 7.22. The van der Waals surface area contributed by atoms with E-state index >= 15 is 0 Å². The maximum Gasteiger partial charge on any atom is 0.227 e. The van der Waals surface area contributed by atoms with Gasteiger partial charge in [-0.2, -0.15) is 0 Å². The highest BCUT2D eigenvalue weighted by Gasteiger charge is 2.23. The van der Waals surface area contributed by atoms with Crippen LogP contribution >= 0.6 is 0 Å². The zero-order chi connectivity index (χ0) is 20.6. The summed E-state index contributed by atoms with van der Waals surface area (Å²) < 4.78 is 11.9. The number of aromatic nitrogens is 3. The summed E-state index contributed by atoms with van der Waals surface area (Å²) in [6.07, 6.45) is 6.15. The number of pyridine rings is 1. The lowest BCUT2D eigenvalue weighted by Crippen LogP contribution is -2.38. The van der Waals surface area contributed by atoms with Crippen LogP contribution in [0.15, 0.2) is 61.1 Å². The van der Waals surface area contributed by atoms with Crippen molar-refractivity contribution in [1.82, 2.24) is 19.9 Å². The molecule has 30 heavy (non-hydrogen) atoms. The number of anilines is 2. The molecule has 0 unspecified atom stereocenters. The largest absolute Gasteiger partial charge is 0.493 e. The lowest BCUT2D eigenvalue weighted by atomic mass is 10.1. The minimum Gasteiger partial charge on any atom is -0.493 e. The number of benzene rings is 1. The molecule has 1 atom stereocenters. The highest BCUT2D eigenvalue weighted by molar-refractivity contribution is 5.51. The number of ether oxygens (including phenoxy) is 2. The summed E-state index contributed by atoms with van der Waals surface area (Å²) in [4.78, 5) is 15.3. The number of hydrogen-bond acceptors (Lipinski definition) is 7. The van der Waals surface area contributed by atoms with Gasteiger partial charge in [-0.1, -0.05) is 25.1 Å². The average Bonchev–Trinajstić information content (AvgIpc) is 2.80. The van der Waals surface area contributed by atoms with Crippen LogP contribution in [-0.4, -0.2) is 46.2 Å². The Balaban J connectivity index is 1.38. The highest BCUT2D eigenvalue weighted by Crippen LogP contribution is 2.26. The molecule has 4 rings (SSSR count). The summed E-state index contributed by atoms with van der Waals surface area (Å²) in [6, 6.07) is 14.0. The molecule has 2 aromatic heterocycles. The van der Waals surface area contributed by atoms with Crippen molar-refractivity contribution in [2.24, 2.45) is 0 Å². The van der Waals surface area contributed by atoms with Gasteiger partial charge in [-0.05, 0) is 30.7 Å². The van der Waals surface area contributed by atoms with Gasteiger partial charge in [-0.3, -0.25) is 9.88 Å². The first-order valence-electron chi connectivity index (χ1n) is 10.4. The number of para-hydroxylation sites is 1.